The van der Waals surface area contributed by atoms with E-state index in [1.807, 2.05) is 6.07 Å². The Bertz CT molecular complexity index is 1080. The van der Waals surface area contributed by atoms with Gasteiger partial charge in [0.05, 0.1) is 6.54 Å². The number of amides is 4. The molecule has 0 aliphatic rings. The number of carbonyl (C=O) groups is 5. The number of rotatable bonds is 13. The molecule has 0 aliphatic heterocycles. The van der Waals surface area contributed by atoms with Crippen LogP contribution in [0.15, 0.2) is 54.6 Å². The lowest BCUT2D eigenvalue weighted by atomic mass is 10.1. The number of carbonyl (C=O) groups excluding carboxylic acids is 4. The first-order valence-electron chi connectivity index (χ1n) is 11.5. The summed E-state index contributed by atoms with van der Waals surface area (Å²) in [5, 5.41) is 28.2. The maximum absolute atomic E-state index is 12.1. The molecule has 6 N–H and O–H groups in total. The smallest absolute Gasteiger partial charge is 0.408 e. The van der Waals surface area contributed by atoms with Crippen LogP contribution in [0.1, 0.15) is 24.5 Å². The molecule has 2 aromatic rings. The van der Waals surface area contributed by atoms with Crippen LogP contribution < -0.4 is 21.3 Å². The van der Waals surface area contributed by atoms with Gasteiger partial charge in [0.15, 0.2) is 0 Å². The van der Waals surface area contributed by atoms with Crippen LogP contribution in [0.25, 0.3) is 0 Å². The van der Waals surface area contributed by atoms with Gasteiger partial charge in [-0.05, 0) is 30.2 Å². The molecule has 0 fully saturated rings. The number of alkyl carbamates (subject to hydrolysis) is 1. The zero-order valence-electron chi connectivity index (χ0n) is 20.2. The van der Waals surface area contributed by atoms with Gasteiger partial charge in [0, 0.05) is 19.4 Å². The molecular weight excluding hydrogens is 484 g/mol. The Morgan fingerprint density at radius 2 is 1.54 bits per heavy atom. The van der Waals surface area contributed by atoms with Crippen LogP contribution in [0.5, 0.6) is 5.75 Å². The molecule has 0 aliphatic carbocycles. The molecule has 0 bridgehead atoms. The van der Waals surface area contributed by atoms with Crippen molar-refractivity contribution in [1.29, 1.82) is 0 Å². The van der Waals surface area contributed by atoms with E-state index in [2.05, 4.69) is 21.3 Å². The van der Waals surface area contributed by atoms with Crippen molar-refractivity contribution >= 4 is 29.8 Å². The first-order chi connectivity index (χ1) is 17.6. The van der Waals surface area contributed by atoms with Gasteiger partial charge < -0.3 is 36.2 Å². The molecule has 0 aromatic heterocycles. The van der Waals surface area contributed by atoms with Crippen molar-refractivity contribution < 1.29 is 38.9 Å². The Hall–Kier alpha value is -4.61. The van der Waals surface area contributed by atoms with E-state index in [1.165, 1.54) is 19.1 Å². The topological polar surface area (TPSA) is 183 Å². The Balaban J connectivity index is 1.63. The molecule has 12 heteroatoms. The Labute approximate surface area is 213 Å². The summed E-state index contributed by atoms with van der Waals surface area (Å²) in [4.78, 5) is 59.4. The third-order valence-electron chi connectivity index (χ3n) is 5.05. The van der Waals surface area contributed by atoms with E-state index in [1.54, 1.807) is 36.4 Å². The highest BCUT2D eigenvalue weighted by Crippen LogP contribution is 2.11. The molecule has 2 rings (SSSR count). The molecule has 4 amide bonds. The highest BCUT2D eigenvalue weighted by atomic mass is 16.5. The van der Waals surface area contributed by atoms with Gasteiger partial charge in [-0.2, -0.15) is 0 Å². The standard InChI is InChI=1S/C25H30N4O8/c1-16(28-25(36)37-15-18-5-3-2-4-6-18)23(33)27-14-22(32)26-12-11-21(31)29-20(24(34)35)13-17-7-9-19(30)10-8-17/h2-10,16,20,30H,11-15H2,1H3,(H,26,32)(H,27,33)(H,28,36)(H,29,31)(H,34,35)/t16-,20-/m0/s1. The Morgan fingerprint density at radius 1 is 0.865 bits per heavy atom. The van der Waals surface area contributed by atoms with E-state index in [0.29, 0.717) is 5.56 Å². The average molecular weight is 515 g/mol. The molecule has 2 aromatic carbocycles. The second-order valence-corrected chi connectivity index (χ2v) is 8.07. The van der Waals surface area contributed by atoms with Gasteiger partial charge in [-0.3, -0.25) is 14.4 Å². The van der Waals surface area contributed by atoms with E-state index in [0.717, 1.165) is 5.56 Å². The second-order valence-electron chi connectivity index (χ2n) is 8.07. The van der Waals surface area contributed by atoms with Gasteiger partial charge in [0.1, 0.15) is 24.4 Å². The van der Waals surface area contributed by atoms with Crippen molar-refractivity contribution in [2.24, 2.45) is 0 Å². The fourth-order valence-electron chi connectivity index (χ4n) is 3.04. The number of ether oxygens (including phenoxy) is 1. The molecular formula is C25H30N4O8. The van der Waals surface area contributed by atoms with Crippen LogP contribution in [0.4, 0.5) is 4.79 Å². The van der Waals surface area contributed by atoms with Gasteiger partial charge in [-0.1, -0.05) is 42.5 Å². The summed E-state index contributed by atoms with van der Waals surface area (Å²) in [5.74, 6) is -2.94. The van der Waals surface area contributed by atoms with Crippen molar-refractivity contribution in [3.63, 3.8) is 0 Å². The number of carboxylic acids is 1. The van der Waals surface area contributed by atoms with Crippen molar-refractivity contribution in [2.75, 3.05) is 13.1 Å². The number of nitrogens with one attached hydrogen (secondary N) is 4. The number of aromatic hydroxyl groups is 1. The maximum Gasteiger partial charge on any atom is 0.408 e. The zero-order chi connectivity index (χ0) is 27.2. The molecule has 198 valence electrons. The average Bonchev–Trinajstić information content (AvgIpc) is 2.87. The summed E-state index contributed by atoms with van der Waals surface area (Å²) >= 11 is 0. The molecule has 2 atom stereocenters. The Morgan fingerprint density at radius 3 is 2.19 bits per heavy atom. The molecule has 0 heterocycles. The largest absolute Gasteiger partial charge is 0.508 e. The first-order valence-corrected chi connectivity index (χ1v) is 11.5. The van der Waals surface area contributed by atoms with Crippen molar-refractivity contribution in [3.05, 3.63) is 65.7 Å². The van der Waals surface area contributed by atoms with Crippen LogP contribution in [0, 0.1) is 0 Å². The Kier molecular flexibility index (Phi) is 11.4. The van der Waals surface area contributed by atoms with Gasteiger partial charge in [-0.25, -0.2) is 9.59 Å². The quantitative estimate of drug-likeness (QED) is 0.222. The number of carboxylic acid groups (broad SMARTS) is 1. The highest BCUT2D eigenvalue weighted by Gasteiger charge is 2.21. The van der Waals surface area contributed by atoms with Crippen LogP contribution in [-0.2, 0) is 36.9 Å². The summed E-state index contributed by atoms with van der Waals surface area (Å²) < 4.78 is 5.04. The summed E-state index contributed by atoms with van der Waals surface area (Å²) in [6, 6.07) is 12.8. The third kappa shape index (κ3) is 11.1. The maximum atomic E-state index is 12.1. The van der Waals surface area contributed by atoms with Crippen LogP contribution >= 0.6 is 0 Å². The molecule has 12 nitrogen and oxygen atoms in total. The number of phenolic OH excluding ortho intramolecular Hbond substituents is 1. The van der Waals surface area contributed by atoms with Crippen LogP contribution in [-0.4, -0.2) is 65.2 Å². The first kappa shape index (κ1) is 28.6. The second kappa shape index (κ2) is 14.7. The third-order valence-corrected chi connectivity index (χ3v) is 5.05. The predicted octanol–water partition coefficient (Wildman–Crippen LogP) is 0.442. The predicted molar refractivity (Wildman–Crippen MR) is 131 cm³/mol. The van der Waals surface area contributed by atoms with Crippen LogP contribution in [0.2, 0.25) is 0 Å². The molecule has 0 spiro atoms. The van der Waals surface area contributed by atoms with E-state index in [4.69, 9.17) is 4.74 Å². The fraction of sp³-hybridized carbons (Fsp3) is 0.320. The summed E-state index contributed by atoms with van der Waals surface area (Å²) in [6.07, 6.45) is -0.942. The zero-order valence-corrected chi connectivity index (χ0v) is 20.2. The number of hydrogen-bond donors (Lipinski definition) is 6. The van der Waals surface area contributed by atoms with Gasteiger partial charge >= 0.3 is 12.1 Å². The minimum Gasteiger partial charge on any atom is -0.508 e. The minimum absolute atomic E-state index is 0.0196. The number of phenols is 1. The minimum atomic E-state index is -1.22. The van der Waals surface area contributed by atoms with Gasteiger partial charge in [0.2, 0.25) is 17.7 Å². The summed E-state index contributed by atoms with van der Waals surface area (Å²) in [5.41, 5.74) is 1.40. The van der Waals surface area contributed by atoms with E-state index in [9.17, 15) is 34.2 Å². The highest BCUT2D eigenvalue weighted by molar-refractivity contribution is 5.89. The number of benzene rings is 2. The lowest BCUT2D eigenvalue weighted by Crippen LogP contribution is -2.48. The normalized spacial score (nSPS) is 11.9. The molecule has 37 heavy (non-hydrogen) atoms. The number of aliphatic carboxylic acids is 1. The molecule has 0 unspecified atom stereocenters. The van der Waals surface area contributed by atoms with Crippen LogP contribution in [0.3, 0.4) is 0 Å². The van der Waals surface area contributed by atoms with E-state index in [-0.39, 0.29) is 38.3 Å². The lowest BCUT2D eigenvalue weighted by Gasteiger charge is -2.15. The molecule has 0 saturated heterocycles. The molecule has 0 radical (unpaired) electrons. The number of hydrogen-bond acceptors (Lipinski definition) is 7. The fourth-order valence-corrected chi connectivity index (χ4v) is 3.04. The van der Waals surface area contributed by atoms with Crippen molar-refractivity contribution in [3.8, 4) is 5.75 Å². The summed E-state index contributed by atoms with van der Waals surface area (Å²) in [7, 11) is 0. The lowest BCUT2D eigenvalue weighted by molar-refractivity contribution is -0.141. The SMILES string of the molecule is C[C@H](NC(=O)OCc1ccccc1)C(=O)NCC(=O)NCCC(=O)N[C@@H](Cc1ccc(O)cc1)C(=O)O. The van der Waals surface area contributed by atoms with E-state index < -0.39 is 41.9 Å². The molecule has 0 saturated carbocycles. The van der Waals surface area contributed by atoms with Crippen molar-refractivity contribution in [2.45, 2.75) is 38.5 Å². The van der Waals surface area contributed by atoms with E-state index >= 15 is 0 Å². The van der Waals surface area contributed by atoms with Gasteiger partial charge in [0.25, 0.3) is 0 Å². The monoisotopic (exact) mass is 514 g/mol. The van der Waals surface area contributed by atoms with Gasteiger partial charge in [-0.15, -0.1) is 0 Å². The van der Waals surface area contributed by atoms with Crippen molar-refractivity contribution in [1.82, 2.24) is 21.3 Å². The summed E-state index contributed by atoms with van der Waals surface area (Å²) in [6.45, 7) is 1.01.